The molecule has 3 saturated heterocycles. The number of nitrogens with zero attached hydrogens (tertiary/aromatic N) is 4. The molecule has 7 aromatic carbocycles. The van der Waals surface area contributed by atoms with Crippen molar-refractivity contribution in [3.63, 3.8) is 0 Å². The van der Waals surface area contributed by atoms with Crippen LogP contribution in [-0.4, -0.2) is 117 Å². The first-order valence-electron chi connectivity index (χ1n) is 28.0. The summed E-state index contributed by atoms with van der Waals surface area (Å²) in [6.45, 7) is 7.13. The fourth-order valence-electron chi connectivity index (χ4n) is 11.3. The third kappa shape index (κ3) is 12.3. The third-order valence-corrected chi connectivity index (χ3v) is 17.1. The normalized spacial score (nSPS) is 17.0. The molecule has 0 spiro atoms. The van der Waals surface area contributed by atoms with Crippen molar-refractivity contribution in [2.45, 2.75) is 69.0 Å². The summed E-state index contributed by atoms with van der Waals surface area (Å²) in [5.41, 5.74) is 5.57. The van der Waals surface area contributed by atoms with Gasteiger partial charge in [0.25, 0.3) is 17.7 Å². The molecule has 15 nitrogen and oxygen atoms in total. The molecular formula is C66H63N5O10S. The summed E-state index contributed by atoms with van der Waals surface area (Å²) < 4.78 is 43.5. The van der Waals surface area contributed by atoms with Crippen LogP contribution >= 0.6 is 0 Å². The first-order valence-corrected chi connectivity index (χ1v) is 29.9. The number of likely N-dealkylation sites (tertiary alicyclic amines) is 1. The van der Waals surface area contributed by atoms with Crippen LogP contribution < -0.4 is 24.4 Å². The summed E-state index contributed by atoms with van der Waals surface area (Å²) in [6, 6.07) is 46.2. The van der Waals surface area contributed by atoms with Gasteiger partial charge >= 0.3 is 0 Å². The van der Waals surface area contributed by atoms with Crippen LogP contribution in [0.2, 0.25) is 0 Å². The second-order valence-corrected chi connectivity index (χ2v) is 23.3. The minimum atomic E-state index is -3.38. The fourth-order valence-corrected chi connectivity index (χ4v) is 12.0. The first kappa shape index (κ1) is 55.1. The van der Waals surface area contributed by atoms with Gasteiger partial charge in [-0.15, -0.1) is 0 Å². The molecule has 4 heterocycles. The number of fused-ring (bicyclic) bond motifs is 2. The highest BCUT2D eigenvalue weighted by Gasteiger charge is 2.45. The lowest BCUT2D eigenvalue weighted by Gasteiger charge is -2.42. The van der Waals surface area contributed by atoms with Crippen molar-refractivity contribution in [1.29, 1.82) is 0 Å². The van der Waals surface area contributed by atoms with Crippen molar-refractivity contribution in [2.24, 2.45) is 5.92 Å². The van der Waals surface area contributed by atoms with Crippen LogP contribution in [0.5, 0.6) is 23.0 Å². The zero-order valence-electron chi connectivity index (χ0n) is 45.8. The van der Waals surface area contributed by atoms with Crippen molar-refractivity contribution < 1.29 is 46.6 Å². The van der Waals surface area contributed by atoms with E-state index in [-0.39, 0.29) is 41.7 Å². The highest BCUT2D eigenvalue weighted by Crippen LogP contribution is 2.42. The van der Waals surface area contributed by atoms with Gasteiger partial charge in [-0.25, -0.2) is 8.42 Å². The molecule has 11 rings (SSSR count). The van der Waals surface area contributed by atoms with Gasteiger partial charge in [0.1, 0.15) is 42.3 Å². The zero-order chi connectivity index (χ0) is 56.9. The molecule has 1 unspecified atom stereocenters. The van der Waals surface area contributed by atoms with Crippen LogP contribution in [0.15, 0.2) is 157 Å². The average molecular weight is 1120 g/mol. The number of ether oxygens (including phenoxy) is 3. The summed E-state index contributed by atoms with van der Waals surface area (Å²) in [7, 11) is -3.38. The summed E-state index contributed by atoms with van der Waals surface area (Å²) in [4.78, 5) is 72.3. The van der Waals surface area contributed by atoms with E-state index in [0.29, 0.717) is 54.1 Å². The van der Waals surface area contributed by atoms with Gasteiger partial charge in [-0.3, -0.25) is 34.2 Å². The number of anilines is 1. The third-order valence-electron chi connectivity index (χ3n) is 16.0. The SMILES string of the molecule is CCN(CCOc1ccc(Oc2c(-c3ccc(S(C)(=O)=O)cc3)ccc3cc(OCc4ccccc4)ccc23)cc1)C(=O)c1ccc(C#CC2CCN(C3CCN(c4ccc5c(c4)C(=O)N(C4CCC(=O)NC4=O)C5=O)CC3)CC2)cc1. The van der Waals surface area contributed by atoms with Crippen molar-refractivity contribution in [3.8, 4) is 46.0 Å². The van der Waals surface area contributed by atoms with E-state index in [1.54, 1.807) is 41.3 Å². The van der Waals surface area contributed by atoms with Gasteiger partial charge in [0.05, 0.1) is 22.6 Å². The molecule has 0 aliphatic carbocycles. The Kier molecular flexibility index (Phi) is 16.2. The van der Waals surface area contributed by atoms with Gasteiger partial charge < -0.3 is 28.9 Å². The highest BCUT2D eigenvalue weighted by molar-refractivity contribution is 7.90. The Labute approximate surface area is 477 Å². The molecule has 16 heteroatoms. The number of hydrogen-bond donors (Lipinski definition) is 1. The molecule has 4 aliphatic rings. The quantitative estimate of drug-likeness (QED) is 0.0718. The zero-order valence-corrected chi connectivity index (χ0v) is 46.7. The van der Waals surface area contributed by atoms with Crippen LogP contribution in [0.3, 0.4) is 0 Å². The molecule has 418 valence electrons. The van der Waals surface area contributed by atoms with Crippen molar-refractivity contribution in [2.75, 3.05) is 57.0 Å². The van der Waals surface area contributed by atoms with Gasteiger partial charge in [0.2, 0.25) is 11.8 Å². The largest absolute Gasteiger partial charge is 0.492 e. The maximum Gasteiger partial charge on any atom is 0.262 e. The second-order valence-electron chi connectivity index (χ2n) is 21.3. The summed E-state index contributed by atoms with van der Waals surface area (Å²) in [6.07, 6.45) is 5.30. The van der Waals surface area contributed by atoms with E-state index in [0.717, 1.165) is 101 Å². The number of likely N-dealkylation sites (N-methyl/N-ethyl adjacent to an activating group) is 1. The Hall–Kier alpha value is -8.78. The monoisotopic (exact) mass is 1120 g/mol. The second kappa shape index (κ2) is 24.1. The number of carbonyl (C=O) groups excluding carboxylic acids is 5. The number of hydrogen-bond acceptors (Lipinski definition) is 12. The van der Waals surface area contributed by atoms with E-state index in [1.807, 2.05) is 122 Å². The van der Waals surface area contributed by atoms with Crippen LogP contribution in [-0.2, 0) is 26.0 Å². The standard InChI is InChI=1S/C66H63N5O10S/c1-3-68(39-40-79-52-19-21-53(22-20-52)81-62-56(47-15-24-55(25-16-47)82(2,77)78)26-17-49-41-54(23-28-57(49)62)80-43-46-7-5-4-6-8-46)64(74)48-13-11-44(12-14-48)9-10-45-31-35-69(36-32-45)50-33-37-70(38-34-50)51-18-27-58-59(42-51)66(76)71(65(58)75)60-29-30-61(72)67-63(60)73/h4-8,11-28,41-42,45,50,60H,3,29-40,43H2,1-2H3,(H,67,72,73). The fraction of sp³-hybridized carbons (Fsp3) is 0.288. The highest BCUT2D eigenvalue weighted by atomic mass is 32.2. The number of piperidine rings is 3. The predicted octanol–water partition coefficient (Wildman–Crippen LogP) is 9.96. The number of carbonyl (C=O) groups is 5. The molecule has 1 N–H and O–H groups in total. The Morgan fingerprint density at radius 3 is 2.10 bits per heavy atom. The molecule has 0 aromatic heterocycles. The topological polar surface area (TPSA) is 172 Å². The predicted molar refractivity (Wildman–Crippen MR) is 313 cm³/mol. The van der Waals surface area contributed by atoms with E-state index in [9.17, 15) is 32.4 Å². The molecule has 5 amide bonds. The van der Waals surface area contributed by atoms with Crippen LogP contribution in [0.25, 0.3) is 21.9 Å². The summed E-state index contributed by atoms with van der Waals surface area (Å²) >= 11 is 0. The number of imide groups is 2. The molecule has 7 aromatic rings. The molecule has 4 aliphatic heterocycles. The minimum absolute atomic E-state index is 0.0815. The molecule has 82 heavy (non-hydrogen) atoms. The Morgan fingerprint density at radius 2 is 1.39 bits per heavy atom. The number of nitrogens with one attached hydrogen (secondary N) is 1. The van der Waals surface area contributed by atoms with Crippen LogP contribution in [0, 0.1) is 17.8 Å². The van der Waals surface area contributed by atoms with Gasteiger partial charge in [0, 0.05) is 72.0 Å². The molecule has 0 radical (unpaired) electrons. The van der Waals surface area contributed by atoms with Gasteiger partial charge in [-0.05, 0) is 172 Å². The minimum Gasteiger partial charge on any atom is -0.492 e. The van der Waals surface area contributed by atoms with Crippen LogP contribution in [0.1, 0.15) is 87.6 Å². The van der Waals surface area contributed by atoms with Gasteiger partial charge in [-0.1, -0.05) is 60.4 Å². The van der Waals surface area contributed by atoms with E-state index in [4.69, 9.17) is 14.2 Å². The number of rotatable bonds is 16. The van der Waals surface area contributed by atoms with E-state index >= 15 is 0 Å². The molecular weight excluding hydrogens is 1050 g/mol. The smallest absolute Gasteiger partial charge is 0.262 e. The number of amides is 5. The van der Waals surface area contributed by atoms with E-state index < -0.39 is 39.5 Å². The average Bonchev–Trinajstić information content (AvgIpc) is 3.60. The van der Waals surface area contributed by atoms with Crippen molar-refractivity contribution in [1.82, 2.24) is 20.0 Å². The molecule has 3 fully saturated rings. The number of benzene rings is 7. The maximum atomic E-state index is 13.7. The molecule has 0 saturated carbocycles. The van der Waals surface area contributed by atoms with Crippen molar-refractivity contribution >= 4 is 55.8 Å². The Morgan fingerprint density at radius 1 is 0.695 bits per heavy atom. The van der Waals surface area contributed by atoms with E-state index in [1.165, 1.54) is 6.26 Å². The van der Waals surface area contributed by atoms with Crippen LogP contribution in [0.4, 0.5) is 5.69 Å². The summed E-state index contributed by atoms with van der Waals surface area (Å²) in [5.74, 6) is 7.58. The number of sulfone groups is 1. The Bertz CT molecular complexity index is 3730. The maximum absolute atomic E-state index is 13.7. The lowest BCUT2D eigenvalue weighted by molar-refractivity contribution is -0.136. The summed E-state index contributed by atoms with van der Waals surface area (Å²) in [5, 5.41) is 4.01. The lowest BCUT2D eigenvalue weighted by Crippen LogP contribution is -2.54. The Balaban J connectivity index is 0.644. The molecule has 1 atom stereocenters. The van der Waals surface area contributed by atoms with E-state index in [2.05, 4.69) is 27.0 Å². The van der Waals surface area contributed by atoms with Gasteiger partial charge in [0.15, 0.2) is 9.84 Å². The first-order chi connectivity index (χ1) is 39.8. The van der Waals surface area contributed by atoms with Crippen molar-refractivity contribution in [3.05, 3.63) is 179 Å². The lowest BCUT2D eigenvalue weighted by atomic mass is 9.93. The van der Waals surface area contributed by atoms with Gasteiger partial charge in [-0.2, -0.15) is 0 Å². The molecule has 0 bridgehead atoms.